The number of fused-ring (bicyclic) bond motifs is 1. The average Bonchev–Trinajstić information content (AvgIpc) is 3.41. The quantitative estimate of drug-likeness (QED) is 0.313. The van der Waals surface area contributed by atoms with Gasteiger partial charge in [-0.15, -0.1) is 11.3 Å². The number of alkyl halides is 3. The van der Waals surface area contributed by atoms with E-state index in [4.69, 9.17) is 4.74 Å². The molecule has 2 aromatic carbocycles. The van der Waals surface area contributed by atoms with Crippen LogP contribution in [0.5, 0.6) is 5.75 Å². The van der Waals surface area contributed by atoms with Crippen LogP contribution in [0.4, 0.5) is 13.2 Å². The summed E-state index contributed by atoms with van der Waals surface area (Å²) in [6, 6.07) is 12.3. The van der Waals surface area contributed by atoms with Gasteiger partial charge in [0.1, 0.15) is 22.9 Å². The lowest BCUT2D eigenvalue weighted by Gasteiger charge is -2.23. The zero-order valence-corrected chi connectivity index (χ0v) is 19.6. The van der Waals surface area contributed by atoms with E-state index in [1.807, 2.05) is 25.1 Å². The number of halogens is 3. The molecule has 0 radical (unpaired) electrons. The van der Waals surface area contributed by atoms with Crippen molar-refractivity contribution < 1.29 is 27.8 Å². The molecule has 178 valence electrons. The zero-order valence-electron chi connectivity index (χ0n) is 18.8. The maximum Gasteiger partial charge on any atom is 0.416 e. The third-order valence-electron chi connectivity index (χ3n) is 5.73. The summed E-state index contributed by atoms with van der Waals surface area (Å²) in [5.74, 6) is -0.295. The van der Waals surface area contributed by atoms with Gasteiger partial charge in [0.25, 0.3) is 0 Å². The third-order valence-corrected chi connectivity index (χ3v) is 6.85. The highest BCUT2D eigenvalue weighted by Gasteiger charge is 2.31. The minimum absolute atomic E-state index is 0.272. The van der Waals surface area contributed by atoms with E-state index in [1.54, 1.807) is 30.7 Å². The largest absolute Gasteiger partial charge is 0.488 e. The van der Waals surface area contributed by atoms with Crippen LogP contribution in [-0.2, 0) is 29.5 Å². The van der Waals surface area contributed by atoms with Crippen LogP contribution in [0.1, 0.15) is 36.9 Å². The highest BCUT2D eigenvalue weighted by Crippen LogP contribution is 2.34. The highest BCUT2D eigenvalue weighted by atomic mass is 32.1. The Morgan fingerprint density at radius 1 is 1.12 bits per heavy atom. The average molecular weight is 489 g/mol. The molecule has 0 aliphatic heterocycles. The summed E-state index contributed by atoms with van der Waals surface area (Å²) in [7, 11) is 0. The first-order chi connectivity index (χ1) is 16.0. The number of ether oxygens (including phenoxy) is 1. The Bertz CT molecular complexity index is 1340. The van der Waals surface area contributed by atoms with Gasteiger partial charge in [-0.25, -0.2) is 9.78 Å². The fraction of sp³-hybridized carbons (Fsp3) is 0.280. The molecule has 0 bridgehead atoms. The van der Waals surface area contributed by atoms with Crippen LogP contribution in [0.3, 0.4) is 0 Å². The molecule has 34 heavy (non-hydrogen) atoms. The van der Waals surface area contributed by atoms with Gasteiger partial charge in [-0.3, -0.25) is 0 Å². The van der Waals surface area contributed by atoms with Crippen LogP contribution in [0, 0.1) is 0 Å². The number of aromatic nitrogens is 2. The van der Waals surface area contributed by atoms with Crippen molar-refractivity contribution >= 4 is 28.2 Å². The first-order valence-corrected chi connectivity index (χ1v) is 11.5. The van der Waals surface area contributed by atoms with Crippen molar-refractivity contribution in [3.8, 4) is 16.3 Å². The molecule has 0 saturated heterocycles. The number of aliphatic carboxylic acids is 1. The number of nitrogens with zero attached hydrogens (tertiary/aromatic N) is 2. The van der Waals surface area contributed by atoms with Crippen molar-refractivity contribution in [3.05, 3.63) is 70.9 Å². The molecule has 0 atom stereocenters. The number of carboxylic acid groups (broad SMARTS) is 1. The molecule has 9 heteroatoms. The molecular weight excluding hydrogens is 465 g/mol. The molecule has 0 aliphatic rings. The van der Waals surface area contributed by atoms with Crippen molar-refractivity contribution in [3.63, 3.8) is 0 Å². The third kappa shape index (κ3) is 4.52. The fourth-order valence-corrected chi connectivity index (χ4v) is 4.72. The minimum atomic E-state index is -4.37. The van der Waals surface area contributed by atoms with Gasteiger partial charge in [0.05, 0.1) is 16.1 Å². The Labute approximate surface area is 198 Å². The van der Waals surface area contributed by atoms with Crippen LogP contribution in [0.2, 0.25) is 0 Å². The number of benzene rings is 2. The molecule has 0 aliphatic carbocycles. The molecule has 0 saturated carbocycles. The Morgan fingerprint density at radius 2 is 1.82 bits per heavy atom. The van der Waals surface area contributed by atoms with Gasteiger partial charge in [0.2, 0.25) is 0 Å². The number of rotatable bonds is 7. The van der Waals surface area contributed by atoms with Crippen LogP contribution < -0.4 is 4.74 Å². The molecule has 4 rings (SSSR count). The van der Waals surface area contributed by atoms with Crippen molar-refractivity contribution in [2.45, 2.75) is 45.5 Å². The lowest BCUT2D eigenvalue weighted by atomic mass is 10.1. The summed E-state index contributed by atoms with van der Waals surface area (Å²) in [5, 5.41) is 11.0. The first kappa shape index (κ1) is 23.8. The molecule has 5 nitrogen and oxygen atoms in total. The molecular formula is C25H23F3N2O3S. The summed E-state index contributed by atoms with van der Waals surface area (Å²) in [6.07, 6.45) is -1.96. The minimum Gasteiger partial charge on any atom is -0.488 e. The van der Waals surface area contributed by atoms with Crippen molar-refractivity contribution in [1.82, 2.24) is 9.55 Å². The van der Waals surface area contributed by atoms with Gasteiger partial charge >= 0.3 is 12.1 Å². The second-order valence-electron chi connectivity index (χ2n) is 8.38. The normalized spacial score (nSPS) is 12.3. The van der Waals surface area contributed by atoms with E-state index in [9.17, 15) is 23.1 Å². The fourth-order valence-electron chi connectivity index (χ4n) is 3.65. The predicted octanol–water partition coefficient (Wildman–Crippen LogP) is 6.74. The molecule has 0 amide bonds. The highest BCUT2D eigenvalue weighted by molar-refractivity contribution is 7.15. The lowest BCUT2D eigenvalue weighted by Crippen LogP contribution is -2.34. The maximum atomic E-state index is 12.8. The van der Waals surface area contributed by atoms with Gasteiger partial charge < -0.3 is 14.4 Å². The molecule has 2 heterocycles. The van der Waals surface area contributed by atoms with E-state index in [0.717, 1.165) is 33.6 Å². The van der Waals surface area contributed by atoms with Crippen LogP contribution in [0.15, 0.2) is 54.7 Å². The van der Waals surface area contributed by atoms with Gasteiger partial charge in [0, 0.05) is 22.7 Å². The number of carbonyl (C=O) groups is 1. The molecule has 0 fully saturated rings. The zero-order chi connectivity index (χ0) is 24.7. The Balaban J connectivity index is 1.53. The van der Waals surface area contributed by atoms with Crippen molar-refractivity contribution in [1.29, 1.82) is 0 Å². The monoisotopic (exact) mass is 488 g/mol. The van der Waals surface area contributed by atoms with Crippen LogP contribution in [-0.4, -0.2) is 20.6 Å². The lowest BCUT2D eigenvalue weighted by molar-refractivity contribution is -0.145. The Kier molecular flexibility index (Phi) is 6.16. The number of thiazole rings is 1. The van der Waals surface area contributed by atoms with E-state index in [2.05, 4.69) is 4.98 Å². The van der Waals surface area contributed by atoms with E-state index in [1.165, 1.54) is 23.5 Å². The topological polar surface area (TPSA) is 64.4 Å². The maximum absolute atomic E-state index is 12.8. The molecule has 0 spiro atoms. The molecule has 2 aromatic heterocycles. The number of hydrogen-bond donors (Lipinski definition) is 1. The molecule has 4 aromatic rings. The van der Waals surface area contributed by atoms with Crippen molar-refractivity contribution in [2.24, 2.45) is 0 Å². The second kappa shape index (κ2) is 8.79. The molecule has 0 unspecified atom stereocenters. The van der Waals surface area contributed by atoms with E-state index >= 15 is 0 Å². The predicted molar refractivity (Wildman–Crippen MR) is 125 cm³/mol. The number of aryl methyl sites for hydroxylation is 1. The van der Waals surface area contributed by atoms with Crippen LogP contribution in [0.25, 0.3) is 21.5 Å². The standard InChI is InChI=1S/C25H23F3N2O3S/c1-4-19-21(34-22(29-19)15-5-7-17(8-6-15)25(26,27)28)14-33-18-9-10-20-16(13-18)11-12-30(20)24(2,3)23(31)32/h5-13H,4,14H2,1-3H3,(H,31,32). The Morgan fingerprint density at radius 3 is 2.44 bits per heavy atom. The smallest absolute Gasteiger partial charge is 0.416 e. The summed E-state index contributed by atoms with van der Waals surface area (Å²) in [5.41, 5.74) is 0.481. The van der Waals surface area contributed by atoms with Gasteiger partial charge in [0.15, 0.2) is 0 Å². The van der Waals surface area contributed by atoms with E-state index < -0.39 is 23.2 Å². The van der Waals surface area contributed by atoms with Gasteiger partial charge in [-0.2, -0.15) is 13.2 Å². The van der Waals surface area contributed by atoms with Crippen LogP contribution >= 0.6 is 11.3 Å². The summed E-state index contributed by atoms with van der Waals surface area (Å²) >= 11 is 1.40. The number of hydrogen-bond acceptors (Lipinski definition) is 4. The van der Waals surface area contributed by atoms with E-state index in [0.29, 0.717) is 22.7 Å². The summed E-state index contributed by atoms with van der Waals surface area (Å²) in [4.78, 5) is 17.1. The second-order valence-corrected chi connectivity index (χ2v) is 9.46. The van der Waals surface area contributed by atoms with Gasteiger partial charge in [-0.05, 0) is 56.7 Å². The Hall–Kier alpha value is -3.33. The number of carboxylic acids is 1. The van der Waals surface area contributed by atoms with Crippen molar-refractivity contribution in [2.75, 3.05) is 0 Å². The SMILES string of the molecule is CCc1nc(-c2ccc(C(F)(F)F)cc2)sc1COc1ccc2c(ccn2C(C)(C)C(=O)O)c1. The first-order valence-electron chi connectivity index (χ1n) is 10.6. The summed E-state index contributed by atoms with van der Waals surface area (Å²) in [6.45, 7) is 5.52. The summed E-state index contributed by atoms with van der Waals surface area (Å²) < 4.78 is 46.2. The molecule has 1 N–H and O–H groups in total. The van der Waals surface area contributed by atoms with E-state index in [-0.39, 0.29) is 6.61 Å². The van der Waals surface area contributed by atoms with Gasteiger partial charge in [-0.1, -0.05) is 19.1 Å².